The second-order valence-electron chi connectivity index (χ2n) is 5.05. The van der Waals surface area contributed by atoms with E-state index in [2.05, 4.69) is 4.28 Å². The molecule has 2 aromatic rings. The first-order chi connectivity index (χ1) is 11.5. The van der Waals surface area contributed by atoms with Gasteiger partial charge in [0.05, 0.1) is 5.69 Å². The van der Waals surface area contributed by atoms with Crippen LogP contribution < -0.4 is 9.79 Å². The van der Waals surface area contributed by atoms with Crippen LogP contribution in [0.25, 0.3) is 0 Å². The summed E-state index contributed by atoms with van der Waals surface area (Å²) in [6, 6.07) is 18.0. The quantitative estimate of drug-likeness (QED) is 0.744. The fourth-order valence-corrected chi connectivity index (χ4v) is 3.15. The van der Waals surface area contributed by atoms with E-state index in [0.717, 1.165) is 9.87 Å². The molecule has 0 atom stereocenters. The first kappa shape index (κ1) is 18.0. The van der Waals surface area contributed by atoms with Crippen molar-refractivity contribution in [1.82, 2.24) is 5.48 Å². The van der Waals surface area contributed by atoms with E-state index in [1.54, 1.807) is 37.3 Å². The van der Waals surface area contributed by atoms with Crippen molar-refractivity contribution in [3.8, 4) is 0 Å². The number of hydrogen-bond donors (Lipinski definition) is 1. The molecule has 0 radical (unpaired) electrons. The monoisotopic (exact) mass is 348 g/mol. The molecule has 0 aromatic heterocycles. The third kappa shape index (κ3) is 5.07. The largest absolute Gasteiger partial charge is 0.383 e. The van der Waals surface area contributed by atoms with Crippen LogP contribution in [0.2, 0.25) is 0 Å². The van der Waals surface area contributed by atoms with E-state index in [-0.39, 0.29) is 13.0 Å². The summed E-state index contributed by atoms with van der Waals surface area (Å²) in [5.41, 5.74) is 3.48. The lowest BCUT2D eigenvalue weighted by Gasteiger charge is -2.21. The Labute approximate surface area is 142 Å². The molecule has 0 saturated carbocycles. The van der Waals surface area contributed by atoms with Crippen LogP contribution in [0.3, 0.4) is 0 Å². The average molecular weight is 348 g/mol. The molecule has 0 aliphatic rings. The number of rotatable bonds is 8. The van der Waals surface area contributed by atoms with Crippen molar-refractivity contribution in [3.63, 3.8) is 0 Å². The summed E-state index contributed by atoms with van der Waals surface area (Å²) in [5, 5.41) is 0. The summed E-state index contributed by atoms with van der Waals surface area (Å²) in [7, 11) is -4.10. The van der Waals surface area contributed by atoms with E-state index in [1.165, 1.54) is 0 Å². The van der Waals surface area contributed by atoms with Crippen molar-refractivity contribution in [3.05, 3.63) is 66.2 Å². The maximum atomic E-state index is 12.2. The third-order valence-corrected chi connectivity index (χ3v) is 4.65. The fraction of sp³-hybridized carbons (Fsp3) is 0.235. The number of nitrogens with one attached hydrogen (secondary N) is 1. The van der Waals surface area contributed by atoms with Gasteiger partial charge in [0.2, 0.25) is 5.91 Å². The van der Waals surface area contributed by atoms with Gasteiger partial charge in [0.25, 0.3) is 0 Å². The molecule has 6 nitrogen and oxygen atoms in total. The highest BCUT2D eigenvalue weighted by atomic mass is 32.2. The number of hydrogen-bond acceptors (Lipinski definition) is 4. The van der Waals surface area contributed by atoms with E-state index >= 15 is 0 Å². The van der Waals surface area contributed by atoms with Gasteiger partial charge in [-0.25, -0.2) is 9.79 Å². The molecule has 7 heteroatoms. The van der Waals surface area contributed by atoms with Gasteiger partial charge in [0, 0.05) is 13.0 Å². The SMILES string of the molecule is CCN(c1ccccc1)S(=O)(=O)ONC(=O)CCc1ccccc1. The predicted octanol–water partition coefficient (Wildman–Crippen LogP) is 2.44. The second kappa shape index (κ2) is 8.47. The van der Waals surface area contributed by atoms with Crippen molar-refractivity contribution in [2.24, 2.45) is 0 Å². The third-order valence-electron chi connectivity index (χ3n) is 3.35. The molecule has 1 N–H and O–H groups in total. The number of nitrogens with zero attached hydrogens (tertiary/aromatic N) is 1. The van der Waals surface area contributed by atoms with Crippen molar-refractivity contribution in [1.29, 1.82) is 0 Å². The molecule has 0 saturated heterocycles. The minimum atomic E-state index is -4.10. The number of carbonyl (C=O) groups excluding carboxylic acids is 1. The van der Waals surface area contributed by atoms with Crippen molar-refractivity contribution < 1.29 is 17.5 Å². The van der Waals surface area contributed by atoms with Crippen molar-refractivity contribution >= 4 is 21.9 Å². The Hall–Kier alpha value is -2.38. The average Bonchev–Trinajstić information content (AvgIpc) is 2.60. The van der Waals surface area contributed by atoms with Crippen LogP contribution in [0.5, 0.6) is 0 Å². The molecule has 0 aliphatic carbocycles. The minimum Gasteiger partial charge on any atom is -0.273 e. The molecule has 0 fully saturated rings. The zero-order valence-electron chi connectivity index (χ0n) is 13.4. The molecule has 0 heterocycles. The Morgan fingerprint density at radius 3 is 2.21 bits per heavy atom. The summed E-state index contributed by atoms with van der Waals surface area (Å²) in [6.07, 6.45) is 0.642. The zero-order chi connectivity index (χ0) is 17.4. The van der Waals surface area contributed by atoms with Crippen LogP contribution in [-0.2, 0) is 25.8 Å². The van der Waals surface area contributed by atoms with Gasteiger partial charge >= 0.3 is 10.3 Å². The molecular weight excluding hydrogens is 328 g/mol. The Bertz CT molecular complexity index is 749. The summed E-state index contributed by atoms with van der Waals surface area (Å²) in [4.78, 5) is 11.8. The van der Waals surface area contributed by atoms with Crippen molar-refractivity contribution in [2.45, 2.75) is 19.8 Å². The molecule has 0 unspecified atom stereocenters. The highest BCUT2D eigenvalue weighted by Gasteiger charge is 2.23. The minimum absolute atomic E-state index is 0.136. The van der Waals surface area contributed by atoms with Gasteiger partial charge in [0.15, 0.2) is 0 Å². The van der Waals surface area contributed by atoms with Gasteiger partial charge < -0.3 is 0 Å². The summed E-state index contributed by atoms with van der Waals surface area (Å²) < 4.78 is 30.2. The summed E-state index contributed by atoms with van der Waals surface area (Å²) >= 11 is 0. The second-order valence-corrected chi connectivity index (χ2v) is 6.52. The van der Waals surface area contributed by atoms with Gasteiger partial charge in [-0.2, -0.15) is 8.42 Å². The van der Waals surface area contributed by atoms with E-state index in [4.69, 9.17) is 0 Å². The molecule has 0 aliphatic heterocycles. The van der Waals surface area contributed by atoms with Gasteiger partial charge in [-0.05, 0) is 31.0 Å². The molecule has 24 heavy (non-hydrogen) atoms. The van der Waals surface area contributed by atoms with Crippen molar-refractivity contribution in [2.75, 3.05) is 10.8 Å². The highest BCUT2D eigenvalue weighted by molar-refractivity contribution is 7.88. The number of aryl methyl sites for hydroxylation is 1. The topological polar surface area (TPSA) is 75.7 Å². The van der Waals surface area contributed by atoms with Gasteiger partial charge in [-0.15, -0.1) is 4.28 Å². The number of anilines is 1. The first-order valence-electron chi connectivity index (χ1n) is 7.62. The van der Waals surface area contributed by atoms with Crippen LogP contribution >= 0.6 is 0 Å². The van der Waals surface area contributed by atoms with E-state index in [1.807, 2.05) is 35.8 Å². The standard InChI is InChI=1S/C17H20N2O4S/c1-2-19(16-11-7-4-8-12-16)24(21,22)23-18-17(20)14-13-15-9-5-3-6-10-15/h3-12H,2,13-14H2,1H3,(H,18,20). The smallest absolute Gasteiger partial charge is 0.273 e. The molecule has 2 aromatic carbocycles. The Morgan fingerprint density at radius 1 is 1.04 bits per heavy atom. The van der Waals surface area contributed by atoms with Crippen LogP contribution in [0.15, 0.2) is 60.7 Å². The van der Waals surface area contributed by atoms with Gasteiger partial charge in [0.1, 0.15) is 0 Å². The number of benzene rings is 2. The lowest BCUT2D eigenvalue weighted by molar-refractivity contribution is -0.127. The fourth-order valence-electron chi connectivity index (χ4n) is 2.16. The zero-order valence-corrected chi connectivity index (χ0v) is 14.2. The number of carbonyl (C=O) groups is 1. The maximum Gasteiger partial charge on any atom is 0.383 e. The number of amides is 1. The maximum absolute atomic E-state index is 12.2. The van der Waals surface area contributed by atoms with Gasteiger partial charge in [-0.1, -0.05) is 48.5 Å². The van der Waals surface area contributed by atoms with Crippen LogP contribution in [0, 0.1) is 0 Å². The summed E-state index contributed by atoms with van der Waals surface area (Å²) in [6.45, 7) is 1.87. The number of para-hydroxylation sites is 1. The van der Waals surface area contributed by atoms with Crippen LogP contribution in [0.1, 0.15) is 18.9 Å². The van der Waals surface area contributed by atoms with E-state index < -0.39 is 16.2 Å². The lowest BCUT2D eigenvalue weighted by atomic mass is 10.1. The molecule has 1 amide bonds. The van der Waals surface area contributed by atoms with E-state index in [0.29, 0.717) is 12.1 Å². The van der Waals surface area contributed by atoms with Crippen LogP contribution in [-0.4, -0.2) is 20.9 Å². The Balaban J connectivity index is 1.90. The van der Waals surface area contributed by atoms with E-state index in [9.17, 15) is 13.2 Å². The number of hydroxylamine groups is 1. The lowest BCUT2D eigenvalue weighted by Crippen LogP contribution is -2.38. The predicted molar refractivity (Wildman–Crippen MR) is 92.4 cm³/mol. The first-order valence-corrected chi connectivity index (χ1v) is 8.98. The van der Waals surface area contributed by atoms with Gasteiger partial charge in [-0.3, -0.25) is 4.79 Å². The molecule has 0 bridgehead atoms. The molecule has 128 valence electrons. The Morgan fingerprint density at radius 2 is 1.62 bits per heavy atom. The Kier molecular flexibility index (Phi) is 6.34. The summed E-state index contributed by atoms with van der Waals surface area (Å²) in [5.74, 6) is -0.494. The molecule has 0 spiro atoms. The van der Waals surface area contributed by atoms with Crippen LogP contribution in [0.4, 0.5) is 5.69 Å². The normalized spacial score (nSPS) is 11.0. The molecule has 2 rings (SSSR count). The molecular formula is C17H20N2O4S. The highest BCUT2D eigenvalue weighted by Crippen LogP contribution is 2.17.